The Labute approximate surface area is 164 Å². The number of fused-ring (bicyclic) bond motifs is 1. The van der Waals surface area contributed by atoms with Gasteiger partial charge in [0.25, 0.3) is 11.5 Å². The van der Waals surface area contributed by atoms with Gasteiger partial charge in [-0.15, -0.1) is 11.3 Å². The fourth-order valence-corrected chi connectivity index (χ4v) is 3.40. The molecule has 0 aliphatic carbocycles. The summed E-state index contributed by atoms with van der Waals surface area (Å²) in [7, 11) is 0. The molecule has 0 bridgehead atoms. The van der Waals surface area contributed by atoms with Crippen molar-refractivity contribution >= 4 is 33.1 Å². The lowest BCUT2D eigenvalue weighted by Gasteiger charge is -2.07. The summed E-state index contributed by atoms with van der Waals surface area (Å²) in [5.74, 6) is -0.392. The first-order valence-electron chi connectivity index (χ1n) is 8.62. The van der Waals surface area contributed by atoms with Crippen molar-refractivity contribution < 1.29 is 4.79 Å². The van der Waals surface area contributed by atoms with Crippen LogP contribution in [0.1, 0.15) is 5.56 Å². The van der Waals surface area contributed by atoms with E-state index in [0.717, 1.165) is 21.3 Å². The van der Waals surface area contributed by atoms with Crippen molar-refractivity contribution in [3.8, 4) is 11.3 Å². The lowest BCUT2D eigenvalue weighted by atomic mass is 10.1. The van der Waals surface area contributed by atoms with Crippen molar-refractivity contribution in [2.75, 3.05) is 5.43 Å². The minimum absolute atomic E-state index is 0.188. The van der Waals surface area contributed by atoms with E-state index in [1.165, 1.54) is 16.9 Å². The van der Waals surface area contributed by atoms with Crippen LogP contribution in [0, 0.1) is 6.92 Å². The maximum absolute atomic E-state index is 12.4. The molecule has 0 aliphatic rings. The first kappa shape index (κ1) is 17.9. The first-order valence-corrected chi connectivity index (χ1v) is 9.50. The summed E-state index contributed by atoms with van der Waals surface area (Å²) < 4.78 is 1.14. The molecule has 1 amide bonds. The van der Waals surface area contributed by atoms with Crippen LogP contribution in [0.4, 0.5) is 5.13 Å². The van der Waals surface area contributed by atoms with Gasteiger partial charge in [-0.05, 0) is 13.0 Å². The van der Waals surface area contributed by atoms with Gasteiger partial charge in [0.15, 0.2) is 0 Å². The minimum atomic E-state index is -0.392. The quantitative estimate of drug-likeness (QED) is 0.511. The third-order valence-electron chi connectivity index (χ3n) is 4.22. The van der Waals surface area contributed by atoms with Crippen LogP contribution < -0.4 is 16.4 Å². The van der Waals surface area contributed by atoms with Gasteiger partial charge in [0.05, 0.1) is 17.3 Å². The molecule has 0 unspecified atom stereocenters. The van der Waals surface area contributed by atoms with Gasteiger partial charge >= 0.3 is 0 Å². The number of hydrazine groups is 1. The fraction of sp³-hybridized carbons (Fsp3) is 0.100. The summed E-state index contributed by atoms with van der Waals surface area (Å²) in [6.45, 7) is 1.84. The second-order valence-electron chi connectivity index (χ2n) is 6.27. The zero-order chi connectivity index (χ0) is 19.5. The van der Waals surface area contributed by atoms with Crippen LogP contribution in [0.3, 0.4) is 0 Å². The van der Waals surface area contributed by atoms with Gasteiger partial charge in [-0.3, -0.25) is 20.4 Å². The third-order valence-corrected chi connectivity index (χ3v) is 4.97. The maximum Gasteiger partial charge on any atom is 0.275 e. The Bertz CT molecular complexity index is 1200. The molecule has 0 spiro atoms. The van der Waals surface area contributed by atoms with Crippen molar-refractivity contribution in [1.82, 2.24) is 20.2 Å². The number of thiazole rings is 1. The van der Waals surface area contributed by atoms with E-state index in [1.807, 2.05) is 48.7 Å². The normalized spacial score (nSPS) is 10.8. The highest BCUT2D eigenvalue weighted by molar-refractivity contribution is 7.14. The molecule has 0 atom stereocenters. The van der Waals surface area contributed by atoms with Crippen molar-refractivity contribution in [2.24, 2.45) is 0 Å². The zero-order valence-electron chi connectivity index (χ0n) is 15.0. The number of carbonyl (C=O) groups is 1. The fourth-order valence-electron chi connectivity index (χ4n) is 2.73. The molecule has 140 valence electrons. The highest BCUT2D eigenvalue weighted by Gasteiger charge is 2.09. The molecule has 7 nitrogen and oxygen atoms in total. The molecule has 0 saturated heterocycles. The summed E-state index contributed by atoms with van der Waals surface area (Å²) in [6, 6.07) is 15.2. The molecule has 0 saturated carbocycles. The second-order valence-corrected chi connectivity index (χ2v) is 7.13. The van der Waals surface area contributed by atoms with E-state index in [9.17, 15) is 9.59 Å². The highest BCUT2D eigenvalue weighted by Crippen LogP contribution is 2.24. The number of rotatable bonds is 5. The van der Waals surface area contributed by atoms with Crippen LogP contribution in [-0.4, -0.2) is 20.7 Å². The zero-order valence-corrected chi connectivity index (χ0v) is 15.9. The molecular weight excluding hydrogens is 374 g/mol. The van der Waals surface area contributed by atoms with Crippen LogP contribution in [-0.2, 0) is 11.3 Å². The van der Waals surface area contributed by atoms with Gasteiger partial charge in [0.1, 0.15) is 6.54 Å². The van der Waals surface area contributed by atoms with E-state index < -0.39 is 5.91 Å². The average molecular weight is 391 g/mol. The Balaban J connectivity index is 1.41. The Morgan fingerprint density at radius 3 is 2.75 bits per heavy atom. The predicted octanol–water partition coefficient (Wildman–Crippen LogP) is 2.97. The number of hydrogen-bond donors (Lipinski definition) is 2. The van der Waals surface area contributed by atoms with Gasteiger partial charge in [-0.1, -0.05) is 48.0 Å². The van der Waals surface area contributed by atoms with E-state index in [4.69, 9.17) is 0 Å². The third kappa shape index (κ3) is 3.77. The summed E-state index contributed by atoms with van der Waals surface area (Å²) >= 11 is 1.38. The summed E-state index contributed by atoms with van der Waals surface area (Å²) in [5.41, 5.74) is 8.06. The Morgan fingerprint density at radius 1 is 1.14 bits per heavy atom. The van der Waals surface area contributed by atoms with Crippen molar-refractivity contribution in [2.45, 2.75) is 13.5 Å². The Kier molecular flexibility index (Phi) is 4.86. The SMILES string of the molecule is Cc1ccc(-c2csc(NNC(=O)Cn3ncc4ccccc4c3=O)n2)cc1. The molecule has 0 aliphatic heterocycles. The molecule has 2 heterocycles. The molecule has 8 heteroatoms. The smallest absolute Gasteiger partial charge is 0.273 e. The number of carbonyl (C=O) groups excluding carboxylic acids is 1. The number of amides is 1. The topological polar surface area (TPSA) is 88.9 Å². The number of benzene rings is 2. The standard InChI is InChI=1S/C20H17N5O2S/c1-13-6-8-14(9-7-13)17-12-28-20(22-17)24-23-18(26)11-25-19(27)16-5-3-2-4-15(16)10-21-25/h2-10,12H,11H2,1H3,(H,22,24)(H,23,26). The van der Waals surface area contributed by atoms with Gasteiger partial charge in [-0.25, -0.2) is 9.67 Å². The average Bonchev–Trinajstić information content (AvgIpc) is 3.18. The van der Waals surface area contributed by atoms with Gasteiger partial charge < -0.3 is 0 Å². The van der Waals surface area contributed by atoms with Gasteiger partial charge in [-0.2, -0.15) is 5.10 Å². The number of anilines is 1. The molecule has 2 aromatic heterocycles. The number of nitrogens with zero attached hydrogens (tertiary/aromatic N) is 3. The van der Waals surface area contributed by atoms with Gasteiger partial charge in [0.2, 0.25) is 5.13 Å². The molecule has 2 N–H and O–H groups in total. The molecule has 2 aromatic carbocycles. The van der Waals surface area contributed by atoms with Crippen molar-refractivity contribution in [3.05, 3.63) is 76.0 Å². The van der Waals surface area contributed by atoms with Crippen LogP contribution in [0.5, 0.6) is 0 Å². The van der Waals surface area contributed by atoms with Crippen LogP contribution in [0.2, 0.25) is 0 Å². The van der Waals surface area contributed by atoms with Crippen molar-refractivity contribution in [1.29, 1.82) is 0 Å². The number of hydrogen-bond acceptors (Lipinski definition) is 6. The summed E-state index contributed by atoms with van der Waals surface area (Å²) in [5, 5.41) is 7.80. The largest absolute Gasteiger partial charge is 0.275 e. The summed E-state index contributed by atoms with van der Waals surface area (Å²) in [4.78, 5) is 29.1. The monoisotopic (exact) mass is 391 g/mol. The molecule has 28 heavy (non-hydrogen) atoms. The number of nitrogens with one attached hydrogen (secondary N) is 2. The first-order chi connectivity index (χ1) is 13.6. The summed E-state index contributed by atoms with van der Waals surface area (Å²) in [6.07, 6.45) is 1.58. The van der Waals surface area contributed by atoms with Crippen molar-refractivity contribution in [3.63, 3.8) is 0 Å². The lowest BCUT2D eigenvalue weighted by molar-refractivity contribution is -0.121. The lowest BCUT2D eigenvalue weighted by Crippen LogP contribution is -2.36. The minimum Gasteiger partial charge on any atom is -0.273 e. The highest BCUT2D eigenvalue weighted by atomic mass is 32.1. The van der Waals surface area contributed by atoms with E-state index in [1.54, 1.807) is 18.3 Å². The van der Waals surface area contributed by atoms with Crippen LogP contribution in [0.25, 0.3) is 22.0 Å². The van der Waals surface area contributed by atoms with E-state index in [-0.39, 0.29) is 12.1 Å². The molecular formula is C20H17N5O2S. The number of aromatic nitrogens is 3. The predicted molar refractivity (Wildman–Crippen MR) is 110 cm³/mol. The molecule has 0 fully saturated rings. The Hall–Kier alpha value is -3.52. The number of aryl methyl sites for hydroxylation is 1. The van der Waals surface area contributed by atoms with Crippen LogP contribution >= 0.6 is 11.3 Å². The van der Waals surface area contributed by atoms with E-state index in [0.29, 0.717) is 10.5 Å². The van der Waals surface area contributed by atoms with E-state index >= 15 is 0 Å². The molecule has 4 aromatic rings. The molecule has 4 rings (SSSR count). The molecule has 0 radical (unpaired) electrons. The second kappa shape index (κ2) is 7.61. The van der Waals surface area contributed by atoms with E-state index in [2.05, 4.69) is 20.9 Å². The van der Waals surface area contributed by atoms with Gasteiger partial charge in [0, 0.05) is 16.3 Å². The Morgan fingerprint density at radius 2 is 1.93 bits per heavy atom. The maximum atomic E-state index is 12.4. The van der Waals surface area contributed by atoms with Crippen LogP contribution in [0.15, 0.2) is 64.9 Å².